The van der Waals surface area contributed by atoms with Crippen molar-refractivity contribution >= 4 is 5.97 Å². The monoisotopic (exact) mass is 416 g/mol. The number of aliphatic hydroxyl groups excluding tert-OH is 2. The van der Waals surface area contributed by atoms with E-state index >= 15 is 0 Å². The topological polar surface area (TPSA) is 66.8 Å². The minimum absolute atomic E-state index is 0.0607. The van der Waals surface area contributed by atoms with E-state index in [1.54, 1.807) is 6.92 Å². The second-order valence-electron chi connectivity index (χ2n) is 12.5. The Morgan fingerprint density at radius 3 is 2.53 bits per heavy atom. The van der Waals surface area contributed by atoms with Gasteiger partial charge >= 0.3 is 5.97 Å². The quantitative estimate of drug-likeness (QED) is 0.514. The minimum Gasteiger partial charge on any atom is -0.461 e. The summed E-state index contributed by atoms with van der Waals surface area (Å²) in [5, 5.41) is 21.3. The molecular formula is C26H40O4. The average Bonchev–Trinajstić information content (AvgIpc) is 2.93. The number of hydrogen-bond donors (Lipinski definition) is 2. The molecule has 168 valence electrons. The molecule has 4 nitrogen and oxygen atoms in total. The summed E-state index contributed by atoms with van der Waals surface area (Å²) in [5.74, 6) is 0.808. The largest absolute Gasteiger partial charge is 0.461 e. The van der Waals surface area contributed by atoms with Gasteiger partial charge in [-0.2, -0.15) is 0 Å². The maximum atomic E-state index is 13.1. The Balaban J connectivity index is 1.63. The maximum Gasteiger partial charge on any atom is 0.314 e. The van der Waals surface area contributed by atoms with Crippen LogP contribution in [0, 0.1) is 45.3 Å². The number of carbonyl (C=O) groups is 1. The molecule has 0 aromatic carbocycles. The highest BCUT2D eigenvalue weighted by Crippen LogP contribution is 2.74. The van der Waals surface area contributed by atoms with Crippen LogP contribution in [0.4, 0.5) is 0 Å². The van der Waals surface area contributed by atoms with Crippen molar-refractivity contribution in [1.29, 1.82) is 0 Å². The minimum atomic E-state index is -0.608. The molecule has 5 aliphatic rings. The van der Waals surface area contributed by atoms with Crippen LogP contribution in [0.5, 0.6) is 0 Å². The van der Waals surface area contributed by atoms with Crippen LogP contribution < -0.4 is 0 Å². The van der Waals surface area contributed by atoms with Crippen LogP contribution in [-0.4, -0.2) is 35.0 Å². The van der Waals surface area contributed by atoms with E-state index in [9.17, 15) is 15.0 Å². The molecule has 1 heterocycles. The maximum absolute atomic E-state index is 13.1. The fraction of sp³-hybridized carbons (Fsp3) is 0.885. The first-order valence-electron chi connectivity index (χ1n) is 12.2. The van der Waals surface area contributed by atoms with Gasteiger partial charge in [0.05, 0.1) is 12.0 Å². The van der Waals surface area contributed by atoms with Crippen molar-refractivity contribution in [3.05, 3.63) is 11.6 Å². The summed E-state index contributed by atoms with van der Waals surface area (Å²) in [5.41, 5.74) is 0.897. The molecule has 4 heteroatoms. The lowest BCUT2D eigenvalue weighted by molar-refractivity contribution is -0.231. The molecule has 3 saturated carbocycles. The number of rotatable bonds is 2. The number of hydrogen-bond acceptors (Lipinski definition) is 4. The Labute approximate surface area is 181 Å². The van der Waals surface area contributed by atoms with Crippen LogP contribution in [0.1, 0.15) is 79.6 Å². The smallest absolute Gasteiger partial charge is 0.314 e. The number of carbonyl (C=O) groups excluding carboxylic acids is 1. The first-order valence-corrected chi connectivity index (χ1v) is 12.2. The summed E-state index contributed by atoms with van der Waals surface area (Å²) in [6.07, 6.45) is 9.07. The van der Waals surface area contributed by atoms with Gasteiger partial charge in [0, 0.05) is 17.4 Å². The summed E-state index contributed by atoms with van der Waals surface area (Å²) in [6, 6.07) is 0. The average molecular weight is 417 g/mol. The fourth-order valence-corrected chi connectivity index (χ4v) is 9.83. The molecule has 30 heavy (non-hydrogen) atoms. The predicted molar refractivity (Wildman–Crippen MR) is 115 cm³/mol. The van der Waals surface area contributed by atoms with Gasteiger partial charge in [0.15, 0.2) is 0 Å². The fourth-order valence-electron chi connectivity index (χ4n) is 9.83. The molecule has 4 aliphatic carbocycles. The Morgan fingerprint density at radius 2 is 1.87 bits per heavy atom. The first-order chi connectivity index (χ1) is 14.0. The van der Waals surface area contributed by atoms with Crippen molar-refractivity contribution in [2.75, 3.05) is 6.61 Å². The van der Waals surface area contributed by atoms with Crippen molar-refractivity contribution in [1.82, 2.24) is 0 Å². The molecule has 0 spiro atoms. The highest BCUT2D eigenvalue weighted by atomic mass is 16.6. The van der Waals surface area contributed by atoms with E-state index in [0.717, 1.165) is 24.8 Å². The van der Waals surface area contributed by atoms with Crippen molar-refractivity contribution in [3.63, 3.8) is 0 Å². The normalized spacial score (nSPS) is 52.4. The van der Waals surface area contributed by atoms with E-state index < -0.39 is 6.10 Å². The summed E-state index contributed by atoms with van der Waals surface area (Å²) in [7, 11) is 0. The van der Waals surface area contributed by atoms with Gasteiger partial charge in [0.1, 0.15) is 6.10 Å². The Kier molecular flexibility index (Phi) is 4.44. The van der Waals surface area contributed by atoms with Gasteiger partial charge in [-0.15, -0.1) is 0 Å². The molecule has 0 bridgehead atoms. The van der Waals surface area contributed by atoms with Gasteiger partial charge in [-0.25, -0.2) is 0 Å². The van der Waals surface area contributed by atoms with Gasteiger partial charge in [0.25, 0.3) is 0 Å². The molecule has 0 radical (unpaired) electrons. The lowest BCUT2D eigenvalue weighted by Gasteiger charge is -2.69. The van der Waals surface area contributed by atoms with E-state index in [1.165, 1.54) is 25.7 Å². The number of aliphatic hydroxyl groups is 2. The third kappa shape index (κ3) is 2.33. The van der Waals surface area contributed by atoms with Crippen LogP contribution in [0.3, 0.4) is 0 Å². The third-order valence-electron chi connectivity index (χ3n) is 11.1. The van der Waals surface area contributed by atoms with E-state index in [2.05, 4.69) is 33.8 Å². The lowest BCUT2D eigenvalue weighted by atomic mass is 9.34. The van der Waals surface area contributed by atoms with E-state index in [-0.39, 0.29) is 46.3 Å². The van der Waals surface area contributed by atoms with Crippen LogP contribution in [-0.2, 0) is 9.53 Å². The zero-order chi connectivity index (χ0) is 21.7. The highest BCUT2D eigenvalue weighted by Gasteiger charge is 2.73. The first kappa shape index (κ1) is 21.0. The van der Waals surface area contributed by atoms with Crippen molar-refractivity contribution in [3.8, 4) is 0 Å². The molecule has 4 fully saturated rings. The van der Waals surface area contributed by atoms with Crippen LogP contribution in [0.15, 0.2) is 11.6 Å². The van der Waals surface area contributed by atoms with Crippen LogP contribution in [0.25, 0.3) is 0 Å². The van der Waals surface area contributed by atoms with Gasteiger partial charge in [-0.05, 0) is 79.6 Å². The summed E-state index contributed by atoms with van der Waals surface area (Å²) < 4.78 is 6.11. The summed E-state index contributed by atoms with van der Waals surface area (Å²) in [6.45, 7) is 11.6. The Morgan fingerprint density at radius 1 is 1.13 bits per heavy atom. The second-order valence-corrected chi connectivity index (χ2v) is 12.5. The molecule has 1 aliphatic heterocycles. The molecule has 9 atom stereocenters. The van der Waals surface area contributed by atoms with Crippen molar-refractivity contribution in [2.45, 2.75) is 91.8 Å². The molecule has 0 aromatic rings. The van der Waals surface area contributed by atoms with E-state index in [4.69, 9.17) is 4.74 Å². The molecule has 0 amide bonds. The van der Waals surface area contributed by atoms with Gasteiger partial charge in [-0.1, -0.05) is 40.2 Å². The van der Waals surface area contributed by atoms with E-state index in [0.29, 0.717) is 17.8 Å². The van der Waals surface area contributed by atoms with Crippen LogP contribution >= 0.6 is 0 Å². The molecule has 3 unspecified atom stereocenters. The second kappa shape index (κ2) is 6.34. The Bertz CT molecular complexity index is 784. The SMILES string of the molecule is C[C@@H](O)C1=CCC2[C@]3(C)CCC4C(C)(C)CCC[C@]4(CO)C3C[C@H]3OC(=O)[C@@H]1[C@]23C. The predicted octanol–water partition coefficient (Wildman–Crippen LogP) is 4.49. The van der Waals surface area contributed by atoms with Crippen molar-refractivity contribution < 1.29 is 19.7 Å². The summed E-state index contributed by atoms with van der Waals surface area (Å²) in [4.78, 5) is 13.1. The molecule has 5 rings (SSSR count). The number of fused-ring (bicyclic) bond motifs is 4. The van der Waals surface area contributed by atoms with Gasteiger partial charge in [-0.3, -0.25) is 4.79 Å². The number of allylic oxidation sites excluding steroid dienone is 1. The number of ether oxygens (including phenoxy) is 1. The third-order valence-corrected chi connectivity index (χ3v) is 11.1. The zero-order valence-electron chi connectivity index (χ0n) is 19.4. The molecule has 0 aromatic heterocycles. The van der Waals surface area contributed by atoms with Crippen LogP contribution in [0.2, 0.25) is 0 Å². The zero-order valence-corrected chi connectivity index (χ0v) is 19.4. The van der Waals surface area contributed by atoms with E-state index in [1.807, 2.05) is 0 Å². The number of esters is 1. The molecule has 1 saturated heterocycles. The lowest BCUT2D eigenvalue weighted by Crippen LogP contribution is -2.66. The molecule has 2 N–H and O–H groups in total. The Hall–Kier alpha value is -0.870. The standard InChI is InChI=1S/C26H40O4/c1-15(28)16-7-8-18-24(4)12-9-17-23(2,3)10-6-11-26(17,14-27)19(24)13-20-25(18,5)21(16)22(29)30-20/h7,15,17-21,27-28H,6,8-14H2,1-5H3/t15-,17?,18?,19?,20-,21-,24+,25-,26-/m1/s1. The van der Waals surface area contributed by atoms with Crippen molar-refractivity contribution in [2.24, 2.45) is 45.3 Å². The van der Waals surface area contributed by atoms with Gasteiger partial charge < -0.3 is 14.9 Å². The molecular weight excluding hydrogens is 376 g/mol. The van der Waals surface area contributed by atoms with Gasteiger partial charge in [0.2, 0.25) is 0 Å². The highest BCUT2D eigenvalue weighted by molar-refractivity contribution is 5.80. The summed E-state index contributed by atoms with van der Waals surface area (Å²) >= 11 is 0.